The predicted molar refractivity (Wildman–Crippen MR) is 141 cm³/mol. The molecule has 1 aliphatic heterocycles. The number of halogens is 1. The lowest BCUT2D eigenvalue weighted by Gasteiger charge is -2.23. The molecule has 1 aromatic carbocycles. The highest BCUT2D eigenvalue weighted by atomic mass is 35.5. The van der Waals surface area contributed by atoms with Gasteiger partial charge in [-0.05, 0) is 61.7 Å². The molecule has 1 fully saturated rings. The van der Waals surface area contributed by atoms with E-state index in [1.165, 1.54) is 6.07 Å². The third-order valence-electron chi connectivity index (χ3n) is 6.50. The third-order valence-corrected chi connectivity index (χ3v) is 6.71. The van der Waals surface area contributed by atoms with Crippen molar-refractivity contribution in [1.82, 2.24) is 14.5 Å². The number of hydrogen-bond acceptors (Lipinski definition) is 6. The number of aryl methyl sites for hydroxylation is 2. The van der Waals surface area contributed by atoms with Crippen molar-refractivity contribution in [3.63, 3.8) is 0 Å². The fourth-order valence-electron chi connectivity index (χ4n) is 4.78. The molecule has 1 amide bonds. The number of nitrogens with one attached hydrogen (secondary N) is 1. The fraction of sp³-hybridized carbons (Fsp3) is 0.259. The number of carboxylic acid groups (broad SMARTS) is 1. The van der Waals surface area contributed by atoms with Crippen molar-refractivity contribution in [2.24, 2.45) is 7.05 Å². The molecule has 4 aromatic rings. The van der Waals surface area contributed by atoms with Crippen LogP contribution in [0.5, 0.6) is 0 Å². The Morgan fingerprint density at radius 2 is 2.03 bits per heavy atom. The van der Waals surface area contributed by atoms with Gasteiger partial charge in [0.15, 0.2) is 5.69 Å². The molecular formula is C27H26ClN5O4. The highest BCUT2D eigenvalue weighted by Crippen LogP contribution is 2.30. The maximum absolute atomic E-state index is 12.8. The maximum atomic E-state index is 12.8. The molecule has 0 saturated carbocycles. The Kier molecular flexibility index (Phi) is 6.47. The van der Waals surface area contributed by atoms with Crippen LogP contribution < -0.4 is 10.2 Å². The molecule has 1 aliphatic rings. The molecule has 37 heavy (non-hydrogen) atoms. The molecular weight excluding hydrogens is 494 g/mol. The summed E-state index contributed by atoms with van der Waals surface area (Å²) in [6.07, 6.45) is 2.27. The Bertz CT molecular complexity index is 1520. The summed E-state index contributed by atoms with van der Waals surface area (Å²) in [5.41, 5.74) is 3.96. The zero-order chi connectivity index (χ0) is 26.3. The summed E-state index contributed by atoms with van der Waals surface area (Å²) in [6, 6.07) is 14.4. The largest absolute Gasteiger partial charge is 0.476 e. The number of fused-ring (bicyclic) bond motifs is 1. The van der Waals surface area contributed by atoms with Gasteiger partial charge in [-0.3, -0.25) is 4.90 Å². The first-order valence-corrected chi connectivity index (χ1v) is 12.2. The van der Waals surface area contributed by atoms with Gasteiger partial charge in [0.2, 0.25) is 0 Å². The van der Waals surface area contributed by atoms with E-state index in [2.05, 4.69) is 33.2 Å². The summed E-state index contributed by atoms with van der Waals surface area (Å²) in [6.45, 7) is 4.05. The molecule has 2 atom stereocenters. The first-order valence-electron chi connectivity index (χ1n) is 11.8. The van der Waals surface area contributed by atoms with Crippen molar-refractivity contribution < 1.29 is 19.4 Å². The number of anilines is 2. The van der Waals surface area contributed by atoms with Gasteiger partial charge >= 0.3 is 12.1 Å². The van der Waals surface area contributed by atoms with E-state index in [0.717, 1.165) is 22.0 Å². The number of aromatic nitrogens is 3. The van der Waals surface area contributed by atoms with E-state index >= 15 is 0 Å². The highest BCUT2D eigenvalue weighted by Gasteiger charge is 2.36. The number of benzene rings is 1. The van der Waals surface area contributed by atoms with Crippen LogP contribution in [0.15, 0.2) is 54.7 Å². The molecule has 0 radical (unpaired) electrons. The van der Waals surface area contributed by atoms with Crippen LogP contribution in [0.4, 0.5) is 16.3 Å². The van der Waals surface area contributed by atoms with Crippen LogP contribution in [0.25, 0.3) is 10.9 Å². The standard InChI is InChI=1S/C27H26ClN5O4/c1-15-10-21(16(2)29-20-8-9-23(28)31-25(20)26(34)35)30-24(11-15)33-18(14-37-27(33)36)12-17-13-32(3)22-7-5-4-6-19(17)22/h4-11,13,16,18,29H,12,14H2,1-3H3,(H,34,35)/t16-,18+/m1/s1. The normalized spacial score (nSPS) is 16.2. The number of rotatable bonds is 7. The third kappa shape index (κ3) is 4.82. The van der Waals surface area contributed by atoms with E-state index in [4.69, 9.17) is 21.3 Å². The Labute approximate surface area is 218 Å². The van der Waals surface area contributed by atoms with Crippen LogP contribution in [-0.2, 0) is 18.2 Å². The number of pyridine rings is 2. The van der Waals surface area contributed by atoms with Gasteiger partial charge in [0, 0.05) is 24.1 Å². The molecule has 0 unspecified atom stereocenters. The lowest BCUT2D eigenvalue weighted by Crippen LogP contribution is -2.36. The summed E-state index contributed by atoms with van der Waals surface area (Å²) in [5, 5.41) is 13.9. The number of para-hydroxylation sites is 1. The number of ether oxygens (including phenoxy) is 1. The zero-order valence-corrected chi connectivity index (χ0v) is 21.4. The average Bonchev–Trinajstić information content (AvgIpc) is 3.39. The van der Waals surface area contributed by atoms with E-state index in [9.17, 15) is 14.7 Å². The number of nitrogens with zero attached hydrogens (tertiary/aromatic N) is 4. The first kappa shape index (κ1) is 24.6. The van der Waals surface area contributed by atoms with Gasteiger partial charge in [-0.1, -0.05) is 29.8 Å². The summed E-state index contributed by atoms with van der Waals surface area (Å²) in [5.74, 6) is -0.699. The van der Waals surface area contributed by atoms with Crippen molar-refractivity contribution in [3.05, 3.63) is 82.4 Å². The summed E-state index contributed by atoms with van der Waals surface area (Å²) in [7, 11) is 2.01. The topological polar surface area (TPSA) is 110 Å². The molecule has 0 aliphatic carbocycles. The monoisotopic (exact) mass is 519 g/mol. The Balaban J connectivity index is 1.44. The minimum absolute atomic E-state index is 0.0938. The van der Waals surface area contributed by atoms with Crippen LogP contribution in [0.1, 0.15) is 40.3 Å². The van der Waals surface area contributed by atoms with E-state index in [-0.39, 0.29) is 29.5 Å². The van der Waals surface area contributed by atoms with Crippen molar-refractivity contribution in [2.45, 2.75) is 32.4 Å². The number of amides is 1. The number of carbonyl (C=O) groups excluding carboxylic acids is 1. The highest BCUT2D eigenvalue weighted by molar-refractivity contribution is 6.29. The van der Waals surface area contributed by atoms with Gasteiger partial charge in [0.1, 0.15) is 17.6 Å². The number of cyclic esters (lactones) is 1. The molecule has 0 spiro atoms. The molecule has 5 rings (SSSR count). The molecule has 10 heteroatoms. The van der Waals surface area contributed by atoms with Gasteiger partial charge < -0.3 is 19.7 Å². The van der Waals surface area contributed by atoms with E-state index in [0.29, 0.717) is 23.6 Å². The van der Waals surface area contributed by atoms with Crippen LogP contribution in [0.2, 0.25) is 5.15 Å². The quantitative estimate of drug-likeness (QED) is 0.316. The minimum Gasteiger partial charge on any atom is -0.476 e. The second kappa shape index (κ2) is 9.74. The average molecular weight is 520 g/mol. The molecule has 4 heterocycles. The Morgan fingerprint density at radius 1 is 1.24 bits per heavy atom. The van der Waals surface area contributed by atoms with Crippen molar-refractivity contribution in [2.75, 3.05) is 16.8 Å². The number of carboxylic acids is 1. The van der Waals surface area contributed by atoms with Gasteiger partial charge in [0.05, 0.1) is 23.5 Å². The van der Waals surface area contributed by atoms with Crippen molar-refractivity contribution >= 4 is 46.1 Å². The second-order valence-corrected chi connectivity index (χ2v) is 9.60. The summed E-state index contributed by atoms with van der Waals surface area (Å²) < 4.78 is 7.53. The second-order valence-electron chi connectivity index (χ2n) is 9.22. The molecule has 0 bridgehead atoms. The van der Waals surface area contributed by atoms with Gasteiger partial charge in [-0.25, -0.2) is 19.6 Å². The SMILES string of the molecule is Cc1cc([C@@H](C)Nc2ccc(Cl)nc2C(=O)O)nc(N2C(=O)OC[C@@H]2Cc2cn(C)c3ccccc23)c1. The molecule has 9 nitrogen and oxygen atoms in total. The number of aromatic carboxylic acids is 1. The van der Waals surface area contributed by atoms with Gasteiger partial charge in [-0.2, -0.15) is 0 Å². The maximum Gasteiger partial charge on any atom is 0.415 e. The lowest BCUT2D eigenvalue weighted by molar-refractivity contribution is 0.0691. The van der Waals surface area contributed by atoms with Crippen LogP contribution in [0.3, 0.4) is 0 Å². The van der Waals surface area contributed by atoms with Crippen LogP contribution >= 0.6 is 11.6 Å². The smallest absolute Gasteiger partial charge is 0.415 e. The van der Waals surface area contributed by atoms with Gasteiger partial charge in [0.25, 0.3) is 0 Å². The molecule has 3 aromatic heterocycles. The predicted octanol–water partition coefficient (Wildman–Crippen LogP) is 5.37. The zero-order valence-electron chi connectivity index (χ0n) is 20.6. The minimum atomic E-state index is -1.19. The van der Waals surface area contributed by atoms with Gasteiger partial charge in [-0.15, -0.1) is 0 Å². The lowest BCUT2D eigenvalue weighted by atomic mass is 10.0. The van der Waals surface area contributed by atoms with Crippen LogP contribution in [-0.4, -0.2) is 44.4 Å². The molecule has 190 valence electrons. The number of carbonyl (C=O) groups is 2. The fourth-order valence-corrected chi connectivity index (χ4v) is 4.92. The van der Waals surface area contributed by atoms with E-state index < -0.39 is 12.1 Å². The van der Waals surface area contributed by atoms with E-state index in [1.54, 1.807) is 11.0 Å². The Hall–Kier alpha value is -4.11. The van der Waals surface area contributed by atoms with Crippen molar-refractivity contribution in [3.8, 4) is 0 Å². The number of hydrogen-bond donors (Lipinski definition) is 2. The molecule has 1 saturated heterocycles. The first-order chi connectivity index (χ1) is 17.7. The summed E-state index contributed by atoms with van der Waals surface area (Å²) >= 11 is 5.88. The molecule has 2 N–H and O–H groups in total. The van der Waals surface area contributed by atoms with E-state index in [1.807, 2.05) is 45.2 Å². The summed E-state index contributed by atoms with van der Waals surface area (Å²) in [4.78, 5) is 34.8. The van der Waals surface area contributed by atoms with Crippen molar-refractivity contribution in [1.29, 1.82) is 0 Å². The van der Waals surface area contributed by atoms with Crippen LogP contribution in [0, 0.1) is 6.92 Å². The Morgan fingerprint density at radius 3 is 2.81 bits per heavy atom.